The molecule has 1 fully saturated rings. The molecule has 0 bridgehead atoms. The van der Waals surface area contributed by atoms with Gasteiger partial charge in [0.1, 0.15) is 0 Å². The van der Waals surface area contributed by atoms with Crippen LogP contribution in [0.3, 0.4) is 0 Å². The fourth-order valence-corrected chi connectivity index (χ4v) is 2.86. The van der Waals surface area contributed by atoms with Gasteiger partial charge in [0, 0.05) is 51.1 Å². The maximum atomic E-state index is 12.5. The molecule has 0 aromatic carbocycles. The fraction of sp³-hybridized carbons (Fsp3) is 0.667. The van der Waals surface area contributed by atoms with E-state index in [2.05, 4.69) is 20.2 Å². The first kappa shape index (κ1) is 16.6. The number of aromatic nitrogens is 2. The van der Waals surface area contributed by atoms with E-state index in [1.807, 2.05) is 21.0 Å². The van der Waals surface area contributed by atoms with Gasteiger partial charge in [-0.05, 0) is 26.9 Å². The van der Waals surface area contributed by atoms with Crippen molar-refractivity contribution in [3.05, 3.63) is 18.0 Å². The zero-order valence-corrected chi connectivity index (χ0v) is 13.5. The number of hydrogen-bond acceptors (Lipinski definition) is 6. The van der Waals surface area contributed by atoms with E-state index in [0.29, 0.717) is 30.5 Å². The van der Waals surface area contributed by atoms with Crippen molar-refractivity contribution in [3.63, 3.8) is 0 Å². The second-order valence-corrected chi connectivity index (χ2v) is 6.00. The number of aliphatic hydroxyl groups excluding tert-OH is 1. The summed E-state index contributed by atoms with van der Waals surface area (Å²) in [4.78, 5) is 24.7. The van der Waals surface area contributed by atoms with E-state index in [-0.39, 0.29) is 18.4 Å². The number of carbonyl (C=O) groups is 1. The molecule has 1 aromatic rings. The maximum Gasteiger partial charge on any atom is 0.257 e. The molecular weight excluding hydrogens is 282 g/mol. The van der Waals surface area contributed by atoms with Gasteiger partial charge in [-0.15, -0.1) is 0 Å². The summed E-state index contributed by atoms with van der Waals surface area (Å²) in [6.07, 6.45) is 3.11. The minimum absolute atomic E-state index is 0.0669. The maximum absolute atomic E-state index is 12.5. The summed E-state index contributed by atoms with van der Waals surface area (Å²) in [6, 6.07) is 0. The second kappa shape index (κ2) is 7.51. The Kier molecular flexibility index (Phi) is 5.68. The van der Waals surface area contributed by atoms with Crippen molar-refractivity contribution in [1.82, 2.24) is 19.8 Å². The Morgan fingerprint density at radius 3 is 2.55 bits per heavy atom. The first-order valence-electron chi connectivity index (χ1n) is 7.66. The Bertz CT molecular complexity index is 491. The van der Waals surface area contributed by atoms with Crippen molar-refractivity contribution < 1.29 is 9.90 Å². The van der Waals surface area contributed by atoms with Gasteiger partial charge in [-0.25, -0.2) is 9.97 Å². The van der Waals surface area contributed by atoms with Gasteiger partial charge < -0.3 is 20.2 Å². The van der Waals surface area contributed by atoms with Crippen LogP contribution >= 0.6 is 0 Å². The van der Waals surface area contributed by atoms with Gasteiger partial charge in [0.05, 0.1) is 5.56 Å². The smallest absolute Gasteiger partial charge is 0.257 e. The van der Waals surface area contributed by atoms with Crippen molar-refractivity contribution in [2.24, 2.45) is 11.8 Å². The van der Waals surface area contributed by atoms with Crippen molar-refractivity contribution in [3.8, 4) is 0 Å². The van der Waals surface area contributed by atoms with Crippen molar-refractivity contribution in [2.75, 3.05) is 52.2 Å². The van der Waals surface area contributed by atoms with E-state index in [4.69, 9.17) is 0 Å². The van der Waals surface area contributed by atoms with Crippen LogP contribution in [-0.4, -0.2) is 77.7 Å². The predicted molar refractivity (Wildman–Crippen MR) is 84.7 cm³/mol. The lowest BCUT2D eigenvalue weighted by atomic mass is 9.97. The van der Waals surface area contributed by atoms with Crippen LogP contribution in [0, 0.1) is 11.8 Å². The van der Waals surface area contributed by atoms with Gasteiger partial charge in [0.2, 0.25) is 5.95 Å². The molecule has 7 heteroatoms. The molecule has 0 unspecified atom stereocenters. The van der Waals surface area contributed by atoms with Crippen LogP contribution < -0.4 is 5.32 Å². The average Bonchev–Trinajstić information content (AvgIpc) is 2.90. The van der Waals surface area contributed by atoms with Crippen molar-refractivity contribution >= 4 is 11.9 Å². The van der Waals surface area contributed by atoms with Crippen LogP contribution in [0.1, 0.15) is 17.3 Å². The molecule has 1 amide bonds. The van der Waals surface area contributed by atoms with Crippen LogP contribution in [0.2, 0.25) is 0 Å². The van der Waals surface area contributed by atoms with Gasteiger partial charge in [-0.3, -0.25) is 4.79 Å². The molecular formula is C15H25N5O2. The standard InChI is InChI=1S/C15H25N5O2/c1-4-16-15-17-5-11(6-18-15)14(22)20-8-12(7-19(2)3)13(9-20)10-21/h5-6,12-13,21H,4,7-10H2,1-3H3,(H,16,17,18)/t12-,13-/m1/s1. The SMILES string of the molecule is CCNc1ncc(C(=O)N2C[C@@H](CN(C)C)[C@@H](CO)C2)cn1. The molecule has 2 N–H and O–H groups in total. The summed E-state index contributed by atoms with van der Waals surface area (Å²) >= 11 is 0. The molecule has 1 aliphatic heterocycles. The van der Waals surface area contributed by atoms with Gasteiger partial charge in [-0.1, -0.05) is 0 Å². The summed E-state index contributed by atoms with van der Waals surface area (Å²) in [5.41, 5.74) is 0.490. The third kappa shape index (κ3) is 3.92. The van der Waals surface area contributed by atoms with Crippen LogP contribution in [0.5, 0.6) is 0 Å². The number of hydrogen-bond donors (Lipinski definition) is 2. The topological polar surface area (TPSA) is 81.6 Å². The molecule has 2 atom stereocenters. The third-order valence-corrected chi connectivity index (χ3v) is 3.93. The molecule has 22 heavy (non-hydrogen) atoms. The Morgan fingerprint density at radius 2 is 2.00 bits per heavy atom. The van der Waals surface area contributed by atoms with E-state index in [1.165, 1.54) is 0 Å². The summed E-state index contributed by atoms with van der Waals surface area (Å²) in [6.45, 7) is 4.93. The molecule has 0 saturated carbocycles. The molecule has 1 aromatic heterocycles. The van der Waals surface area contributed by atoms with Crippen LogP contribution in [0.15, 0.2) is 12.4 Å². The average molecular weight is 307 g/mol. The zero-order chi connectivity index (χ0) is 16.1. The normalized spacial score (nSPS) is 21.4. The summed E-state index contributed by atoms with van der Waals surface area (Å²) in [7, 11) is 4.01. The van der Waals surface area contributed by atoms with Gasteiger partial charge in [0.25, 0.3) is 5.91 Å². The highest BCUT2D eigenvalue weighted by Crippen LogP contribution is 2.25. The summed E-state index contributed by atoms with van der Waals surface area (Å²) in [5, 5.41) is 12.5. The number of anilines is 1. The number of aliphatic hydroxyl groups is 1. The molecule has 0 radical (unpaired) electrons. The molecule has 0 spiro atoms. The Hall–Kier alpha value is -1.73. The van der Waals surface area contributed by atoms with Gasteiger partial charge in [0.15, 0.2) is 0 Å². The Balaban J connectivity index is 2.03. The number of rotatable bonds is 6. The van der Waals surface area contributed by atoms with Crippen molar-refractivity contribution in [2.45, 2.75) is 6.92 Å². The molecule has 2 rings (SSSR count). The molecule has 1 saturated heterocycles. The highest BCUT2D eigenvalue weighted by molar-refractivity contribution is 5.93. The first-order valence-corrected chi connectivity index (χ1v) is 7.66. The number of nitrogens with zero attached hydrogens (tertiary/aromatic N) is 4. The molecule has 7 nitrogen and oxygen atoms in total. The van der Waals surface area contributed by atoms with Crippen LogP contribution in [0.4, 0.5) is 5.95 Å². The number of likely N-dealkylation sites (tertiary alicyclic amines) is 1. The quantitative estimate of drug-likeness (QED) is 0.779. The lowest BCUT2D eigenvalue weighted by molar-refractivity contribution is 0.0778. The molecule has 2 heterocycles. The fourth-order valence-electron chi connectivity index (χ4n) is 2.86. The minimum atomic E-state index is -0.0669. The molecule has 1 aliphatic rings. The number of amides is 1. The van der Waals surface area contributed by atoms with Gasteiger partial charge in [-0.2, -0.15) is 0 Å². The summed E-state index contributed by atoms with van der Waals surface area (Å²) in [5.74, 6) is 0.890. The number of nitrogens with one attached hydrogen (secondary N) is 1. The third-order valence-electron chi connectivity index (χ3n) is 3.93. The largest absolute Gasteiger partial charge is 0.396 e. The first-order chi connectivity index (χ1) is 10.5. The van der Waals surface area contributed by atoms with E-state index < -0.39 is 0 Å². The highest BCUT2D eigenvalue weighted by atomic mass is 16.3. The summed E-state index contributed by atoms with van der Waals surface area (Å²) < 4.78 is 0. The minimum Gasteiger partial charge on any atom is -0.396 e. The van der Waals surface area contributed by atoms with E-state index in [0.717, 1.165) is 13.1 Å². The second-order valence-electron chi connectivity index (χ2n) is 6.00. The number of carbonyl (C=O) groups excluding carboxylic acids is 1. The lowest BCUT2D eigenvalue weighted by Crippen LogP contribution is -2.31. The van der Waals surface area contributed by atoms with E-state index in [9.17, 15) is 9.90 Å². The van der Waals surface area contributed by atoms with Crippen molar-refractivity contribution in [1.29, 1.82) is 0 Å². The van der Waals surface area contributed by atoms with Gasteiger partial charge >= 0.3 is 0 Å². The molecule has 122 valence electrons. The Labute approximate surface area is 131 Å². The highest BCUT2D eigenvalue weighted by Gasteiger charge is 2.35. The molecule has 0 aliphatic carbocycles. The van der Waals surface area contributed by atoms with Crippen LogP contribution in [0.25, 0.3) is 0 Å². The van der Waals surface area contributed by atoms with Crippen LogP contribution in [-0.2, 0) is 0 Å². The van der Waals surface area contributed by atoms with E-state index in [1.54, 1.807) is 17.3 Å². The monoisotopic (exact) mass is 307 g/mol. The predicted octanol–water partition coefficient (Wildman–Crippen LogP) is 0.151. The van der Waals surface area contributed by atoms with E-state index >= 15 is 0 Å². The Morgan fingerprint density at radius 1 is 1.36 bits per heavy atom. The zero-order valence-electron chi connectivity index (χ0n) is 13.5. The lowest BCUT2D eigenvalue weighted by Gasteiger charge is -2.20.